The zero-order valence-electron chi connectivity index (χ0n) is 23.4. The minimum atomic E-state index is -0.673. The van der Waals surface area contributed by atoms with Crippen LogP contribution in [-0.4, -0.2) is 43.9 Å². The number of rotatable bonds is 11. The summed E-state index contributed by atoms with van der Waals surface area (Å²) in [6.07, 6.45) is 5.99. The summed E-state index contributed by atoms with van der Waals surface area (Å²) in [5.41, 5.74) is 4.68. The van der Waals surface area contributed by atoms with Crippen LogP contribution in [0.5, 0.6) is 17.5 Å². The topological polar surface area (TPSA) is 95.2 Å². The molecular weight excluding hydrogens is 563 g/mol. The third-order valence-electron chi connectivity index (χ3n) is 8.79. The monoisotopic (exact) mass is 600 g/mol. The molecule has 41 heavy (non-hydrogen) atoms. The van der Waals surface area contributed by atoms with Gasteiger partial charge in [0.15, 0.2) is 11.8 Å². The Labute approximate surface area is 251 Å². The molecule has 7 nitrogen and oxygen atoms in total. The van der Waals surface area contributed by atoms with Crippen LogP contribution >= 0.6 is 23.2 Å². The number of carboxylic acids is 1. The van der Waals surface area contributed by atoms with E-state index in [9.17, 15) is 20.1 Å². The number of fused-ring (bicyclic) bond motifs is 1. The predicted molar refractivity (Wildman–Crippen MR) is 160 cm³/mol. The van der Waals surface area contributed by atoms with Crippen LogP contribution in [0.4, 0.5) is 0 Å². The van der Waals surface area contributed by atoms with E-state index in [2.05, 4.69) is 30.0 Å². The zero-order valence-corrected chi connectivity index (χ0v) is 24.9. The quantitative estimate of drug-likeness (QED) is 0.215. The summed E-state index contributed by atoms with van der Waals surface area (Å²) < 4.78 is 7.46. The van der Waals surface area contributed by atoms with E-state index in [1.54, 1.807) is 0 Å². The fourth-order valence-corrected chi connectivity index (χ4v) is 6.96. The van der Waals surface area contributed by atoms with Gasteiger partial charge in [0.2, 0.25) is 0 Å². The molecule has 1 atom stereocenters. The first kappa shape index (κ1) is 29.6. The van der Waals surface area contributed by atoms with Crippen molar-refractivity contribution in [3.05, 3.63) is 74.8 Å². The molecule has 2 aromatic carbocycles. The fourth-order valence-electron chi connectivity index (χ4n) is 6.52. The maximum absolute atomic E-state index is 11.5. The average Bonchev–Trinajstić information content (AvgIpc) is 3.54. The Hall–Kier alpha value is -2.87. The molecule has 0 bridgehead atoms. The number of hydrogen-bond donors (Lipinski definition) is 3. The number of benzene rings is 2. The van der Waals surface area contributed by atoms with E-state index in [-0.39, 0.29) is 23.7 Å². The average molecular weight is 602 g/mol. The van der Waals surface area contributed by atoms with Crippen molar-refractivity contribution in [2.45, 2.75) is 71.0 Å². The standard InChI is InChI=1S/C32H38Cl2N2O5/c1-2-22-17-21(5-12-28(22)41-16-15-36-29(37)13-14-30(36)38)19-35(18-20-3-6-23(7-4-20)32(39)40)27-11-9-25-24(27)8-10-26(33)31(25)34/h5,8,10,12-14,17,20,23,27,37-38H,2-4,6-7,9,11,15-16,18-19H2,1H3,(H,39,40). The van der Waals surface area contributed by atoms with Gasteiger partial charge in [-0.05, 0) is 85.3 Å². The van der Waals surface area contributed by atoms with Crippen molar-refractivity contribution < 1.29 is 24.9 Å². The minimum absolute atomic E-state index is 0.00532. The van der Waals surface area contributed by atoms with Gasteiger partial charge < -0.3 is 20.1 Å². The van der Waals surface area contributed by atoms with Crippen molar-refractivity contribution in [1.29, 1.82) is 0 Å². The number of aromatic hydroxyl groups is 2. The molecule has 0 radical (unpaired) electrons. The van der Waals surface area contributed by atoms with E-state index in [0.717, 1.165) is 74.9 Å². The van der Waals surface area contributed by atoms with Crippen LogP contribution in [0.25, 0.3) is 0 Å². The molecule has 1 heterocycles. The summed E-state index contributed by atoms with van der Waals surface area (Å²) >= 11 is 12.9. The Morgan fingerprint density at radius 2 is 1.76 bits per heavy atom. The second-order valence-electron chi connectivity index (χ2n) is 11.3. The third kappa shape index (κ3) is 6.63. The van der Waals surface area contributed by atoms with Crippen LogP contribution in [0, 0.1) is 11.8 Å². The summed E-state index contributed by atoms with van der Waals surface area (Å²) in [6.45, 7) is 4.42. The first-order valence-corrected chi connectivity index (χ1v) is 15.3. The van der Waals surface area contributed by atoms with Crippen LogP contribution in [0.15, 0.2) is 42.5 Å². The lowest BCUT2D eigenvalue weighted by Crippen LogP contribution is -2.34. The number of halogens is 2. The van der Waals surface area contributed by atoms with Gasteiger partial charge in [0.05, 0.1) is 22.5 Å². The van der Waals surface area contributed by atoms with Crippen molar-refractivity contribution in [2.75, 3.05) is 13.2 Å². The Morgan fingerprint density at radius 1 is 1.02 bits per heavy atom. The molecule has 1 aromatic heterocycles. The van der Waals surface area contributed by atoms with Crippen LogP contribution in [0.3, 0.4) is 0 Å². The van der Waals surface area contributed by atoms with Gasteiger partial charge in [0.1, 0.15) is 12.4 Å². The van der Waals surface area contributed by atoms with E-state index in [1.807, 2.05) is 12.1 Å². The molecule has 0 amide bonds. The molecule has 2 aliphatic rings. The number of aromatic nitrogens is 1. The van der Waals surface area contributed by atoms with Crippen LogP contribution in [-0.2, 0) is 30.7 Å². The summed E-state index contributed by atoms with van der Waals surface area (Å²) in [4.78, 5) is 14.1. The SMILES string of the molecule is CCc1cc(CN(CC2CCC(C(=O)O)CC2)C2CCc3c2ccc(Cl)c3Cl)ccc1OCCn1c(O)ccc1O. The molecule has 220 valence electrons. The van der Waals surface area contributed by atoms with E-state index in [0.29, 0.717) is 29.1 Å². The number of aliphatic carboxylic acids is 1. The van der Waals surface area contributed by atoms with Crippen molar-refractivity contribution in [1.82, 2.24) is 9.47 Å². The smallest absolute Gasteiger partial charge is 0.306 e. The lowest BCUT2D eigenvalue weighted by molar-refractivity contribution is -0.143. The second-order valence-corrected chi connectivity index (χ2v) is 12.1. The molecule has 0 saturated heterocycles. The Balaban J connectivity index is 1.33. The van der Waals surface area contributed by atoms with E-state index >= 15 is 0 Å². The number of aryl methyl sites for hydroxylation is 1. The number of carboxylic acid groups (broad SMARTS) is 1. The number of nitrogens with zero attached hydrogens (tertiary/aromatic N) is 2. The van der Waals surface area contributed by atoms with Crippen molar-refractivity contribution in [2.24, 2.45) is 11.8 Å². The molecule has 2 aliphatic carbocycles. The maximum atomic E-state index is 11.5. The van der Waals surface area contributed by atoms with Gasteiger partial charge in [-0.3, -0.25) is 14.3 Å². The summed E-state index contributed by atoms with van der Waals surface area (Å²) in [6, 6.07) is 13.5. The van der Waals surface area contributed by atoms with Gasteiger partial charge in [-0.15, -0.1) is 0 Å². The number of carbonyl (C=O) groups is 1. The second kappa shape index (κ2) is 13.0. The fraction of sp³-hybridized carbons (Fsp3) is 0.469. The molecular formula is C32H38Cl2N2O5. The minimum Gasteiger partial charge on any atom is -0.494 e. The van der Waals surface area contributed by atoms with E-state index in [4.69, 9.17) is 27.9 Å². The van der Waals surface area contributed by atoms with Gasteiger partial charge in [0.25, 0.3) is 0 Å². The summed E-state index contributed by atoms with van der Waals surface area (Å²) in [5, 5.41) is 30.5. The highest BCUT2D eigenvalue weighted by Gasteiger charge is 2.33. The van der Waals surface area contributed by atoms with Crippen molar-refractivity contribution >= 4 is 29.2 Å². The molecule has 5 rings (SSSR count). The van der Waals surface area contributed by atoms with E-state index < -0.39 is 5.97 Å². The normalized spacial score (nSPS) is 20.3. The highest BCUT2D eigenvalue weighted by molar-refractivity contribution is 6.42. The third-order valence-corrected chi connectivity index (χ3v) is 9.63. The first-order chi connectivity index (χ1) is 19.7. The molecule has 0 spiro atoms. The molecule has 3 N–H and O–H groups in total. The predicted octanol–water partition coefficient (Wildman–Crippen LogP) is 7.23. The van der Waals surface area contributed by atoms with Crippen LogP contribution in [0.2, 0.25) is 10.0 Å². The van der Waals surface area contributed by atoms with Crippen molar-refractivity contribution in [3.63, 3.8) is 0 Å². The lowest BCUT2D eigenvalue weighted by atomic mass is 9.81. The maximum Gasteiger partial charge on any atom is 0.306 e. The molecule has 3 aromatic rings. The van der Waals surface area contributed by atoms with Gasteiger partial charge in [-0.25, -0.2) is 0 Å². The molecule has 9 heteroatoms. The number of ether oxygens (including phenoxy) is 1. The highest BCUT2D eigenvalue weighted by atomic mass is 35.5. The lowest BCUT2D eigenvalue weighted by Gasteiger charge is -2.35. The first-order valence-electron chi connectivity index (χ1n) is 14.5. The molecule has 1 unspecified atom stereocenters. The molecule has 0 aliphatic heterocycles. The van der Waals surface area contributed by atoms with Crippen LogP contribution < -0.4 is 4.74 Å². The zero-order chi connectivity index (χ0) is 29.1. The van der Waals surface area contributed by atoms with E-state index in [1.165, 1.54) is 27.8 Å². The largest absolute Gasteiger partial charge is 0.494 e. The Kier molecular flexibility index (Phi) is 9.37. The number of hydrogen-bond acceptors (Lipinski definition) is 5. The van der Waals surface area contributed by atoms with Gasteiger partial charge in [-0.2, -0.15) is 0 Å². The summed E-state index contributed by atoms with van der Waals surface area (Å²) in [7, 11) is 0. The molecule has 1 fully saturated rings. The van der Waals surface area contributed by atoms with Gasteiger partial charge in [0, 0.05) is 31.3 Å². The highest BCUT2D eigenvalue weighted by Crippen LogP contribution is 2.43. The Morgan fingerprint density at radius 3 is 2.44 bits per heavy atom. The summed E-state index contributed by atoms with van der Waals surface area (Å²) in [5.74, 6) is 0.364. The van der Waals surface area contributed by atoms with Gasteiger partial charge >= 0.3 is 5.97 Å². The van der Waals surface area contributed by atoms with Crippen LogP contribution in [0.1, 0.15) is 67.3 Å². The van der Waals surface area contributed by atoms with Crippen molar-refractivity contribution in [3.8, 4) is 17.5 Å². The van der Waals surface area contributed by atoms with Gasteiger partial charge in [-0.1, -0.05) is 48.3 Å². The molecule has 1 saturated carbocycles. The Bertz CT molecular complexity index is 1360.